The van der Waals surface area contributed by atoms with E-state index in [0.29, 0.717) is 11.8 Å². The molecule has 0 fully saturated rings. The first-order valence-corrected chi connectivity index (χ1v) is 6.82. The third-order valence-electron chi connectivity index (χ3n) is 3.49. The fourth-order valence-electron chi connectivity index (χ4n) is 2.58. The molecular weight excluding hydrogens is 224 g/mol. The summed E-state index contributed by atoms with van der Waals surface area (Å²) in [5, 5.41) is 5.55. The summed E-state index contributed by atoms with van der Waals surface area (Å²) in [4.78, 5) is 5.42. The molecule has 0 aliphatic carbocycles. The van der Waals surface area contributed by atoms with Gasteiger partial charge in [-0.25, -0.2) is 0 Å². The van der Waals surface area contributed by atoms with Crippen molar-refractivity contribution in [2.24, 2.45) is 5.92 Å². The van der Waals surface area contributed by atoms with Crippen molar-refractivity contribution >= 4 is 5.69 Å². The fraction of sp³-hybridized carbons (Fsp3) is 0.600. The first-order valence-electron chi connectivity index (χ1n) is 6.82. The molecule has 1 heterocycles. The number of nitrogens with one attached hydrogen (secondary N) is 1. The van der Waals surface area contributed by atoms with Crippen LogP contribution in [0, 0.1) is 5.92 Å². The molecule has 1 N–H and O–H groups in total. The summed E-state index contributed by atoms with van der Waals surface area (Å²) in [6, 6.07) is 8.62. The van der Waals surface area contributed by atoms with Gasteiger partial charge in [-0.1, -0.05) is 32.0 Å². The maximum absolute atomic E-state index is 5.42. The van der Waals surface area contributed by atoms with Crippen LogP contribution in [-0.4, -0.2) is 31.8 Å². The van der Waals surface area contributed by atoms with Crippen LogP contribution in [-0.2, 0) is 4.84 Å². The average Bonchev–Trinajstić information content (AvgIpc) is 2.77. The Morgan fingerprint density at radius 3 is 2.89 bits per heavy atom. The molecule has 18 heavy (non-hydrogen) atoms. The summed E-state index contributed by atoms with van der Waals surface area (Å²) in [5.74, 6) is 1.25. The Kier molecular flexibility index (Phi) is 4.61. The van der Waals surface area contributed by atoms with Crippen LogP contribution in [0.3, 0.4) is 0 Å². The monoisotopic (exact) mass is 248 g/mol. The molecule has 0 saturated carbocycles. The van der Waals surface area contributed by atoms with Crippen molar-refractivity contribution in [2.45, 2.75) is 26.2 Å². The predicted octanol–water partition coefficient (Wildman–Crippen LogP) is 3.11. The molecule has 1 aromatic rings. The molecule has 3 nitrogen and oxygen atoms in total. The van der Waals surface area contributed by atoms with Crippen LogP contribution in [0.5, 0.6) is 0 Å². The molecule has 1 aliphatic heterocycles. The quantitative estimate of drug-likeness (QED) is 0.783. The van der Waals surface area contributed by atoms with Crippen molar-refractivity contribution in [3.63, 3.8) is 0 Å². The van der Waals surface area contributed by atoms with Gasteiger partial charge in [0.15, 0.2) is 0 Å². The zero-order valence-corrected chi connectivity index (χ0v) is 11.6. The number of hydroxylamine groups is 2. The minimum Gasteiger partial charge on any atom is -0.384 e. The summed E-state index contributed by atoms with van der Waals surface area (Å²) in [7, 11) is 1.77. The smallest absolute Gasteiger partial charge is 0.0575 e. The van der Waals surface area contributed by atoms with E-state index in [4.69, 9.17) is 4.84 Å². The minimum atomic E-state index is 0.617. The van der Waals surface area contributed by atoms with E-state index in [1.54, 1.807) is 7.11 Å². The summed E-state index contributed by atoms with van der Waals surface area (Å²) >= 11 is 0. The average molecular weight is 248 g/mol. The molecular formula is C15H24N2O. The van der Waals surface area contributed by atoms with Gasteiger partial charge in [0.1, 0.15) is 0 Å². The summed E-state index contributed by atoms with van der Waals surface area (Å²) < 4.78 is 0. The van der Waals surface area contributed by atoms with Gasteiger partial charge in [0, 0.05) is 31.2 Å². The van der Waals surface area contributed by atoms with Crippen molar-refractivity contribution in [2.75, 3.05) is 32.1 Å². The Labute approximate surface area is 110 Å². The molecule has 1 unspecified atom stereocenters. The summed E-state index contributed by atoms with van der Waals surface area (Å²) in [6.07, 6.45) is 1.14. The first kappa shape index (κ1) is 13.4. The van der Waals surface area contributed by atoms with E-state index in [0.717, 1.165) is 26.1 Å². The Morgan fingerprint density at radius 1 is 1.39 bits per heavy atom. The number of anilines is 1. The third-order valence-corrected chi connectivity index (χ3v) is 3.49. The lowest BCUT2D eigenvalue weighted by Crippen LogP contribution is -2.29. The number of hydrogen-bond donors (Lipinski definition) is 1. The Bertz CT molecular complexity index is 379. The Balaban J connectivity index is 1.88. The van der Waals surface area contributed by atoms with E-state index in [9.17, 15) is 0 Å². The summed E-state index contributed by atoms with van der Waals surface area (Å²) in [6.45, 7) is 7.49. The van der Waals surface area contributed by atoms with Crippen LogP contribution < -0.4 is 5.32 Å². The maximum atomic E-state index is 5.42. The van der Waals surface area contributed by atoms with Gasteiger partial charge in [-0.15, -0.1) is 0 Å². The van der Waals surface area contributed by atoms with Crippen molar-refractivity contribution in [1.82, 2.24) is 5.06 Å². The number of benzene rings is 1. The lowest BCUT2D eigenvalue weighted by Gasteiger charge is -2.23. The van der Waals surface area contributed by atoms with Crippen LogP contribution in [0.15, 0.2) is 24.3 Å². The highest BCUT2D eigenvalue weighted by molar-refractivity contribution is 5.57. The maximum Gasteiger partial charge on any atom is 0.0575 e. The van der Waals surface area contributed by atoms with Gasteiger partial charge in [-0.2, -0.15) is 5.06 Å². The van der Waals surface area contributed by atoms with Gasteiger partial charge in [-0.3, -0.25) is 0 Å². The van der Waals surface area contributed by atoms with Gasteiger partial charge in [-0.05, 0) is 24.0 Å². The van der Waals surface area contributed by atoms with Crippen molar-refractivity contribution < 1.29 is 4.84 Å². The lowest BCUT2D eigenvalue weighted by atomic mass is 9.98. The van der Waals surface area contributed by atoms with E-state index in [2.05, 4.69) is 48.5 Å². The normalized spacial score (nSPS) is 18.2. The molecule has 1 aliphatic rings. The van der Waals surface area contributed by atoms with E-state index >= 15 is 0 Å². The molecule has 0 aromatic heterocycles. The van der Waals surface area contributed by atoms with Gasteiger partial charge in [0.2, 0.25) is 0 Å². The third kappa shape index (κ3) is 3.24. The molecule has 0 amide bonds. The molecule has 100 valence electrons. The number of rotatable bonds is 6. The molecule has 1 aromatic carbocycles. The SMILES string of the molecule is CON(CCC1CNc2ccccc21)CC(C)C. The highest BCUT2D eigenvalue weighted by atomic mass is 16.7. The molecule has 0 bridgehead atoms. The molecule has 3 heteroatoms. The number of nitrogens with zero attached hydrogens (tertiary/aromatic N) is 1. The van der Waals surface area contributed by atoms with Crippen LogP contribution in [0.1, 0.15) is 31.7 Å². The highest BCUT2D eigenvalue weighted by Crippen LogP contribution is 2.33. The van der Waals surface area contributed by atoms with E-state index in [1.807, 2.05) is 0 Å². The molecule has 0 saturated heterocycles. The van der Waals surface area contributed by atoms with Crippen LogP contribution in [0.4, 0.5) is 5.69 Å². The van der Waals surface area contributed by atoms with E-state index in [-0.39, 0.29) is 0 Å². The summed E-state index contributed by atoms with van der Waals surface area (Å²) in [5.41, 5.74) is 2.76. The van der Waals surface area contributed by atoms with Crippen molar-refractivity contribution in [1.29, 1.82) is 0 Å². The molecule has 1 atom stereocenters. The number of hydrogen-bond acceptors (Lipinski definition) is 3. The van der Waals surface area contributed by atoms with Gasteiger partial charge in [0.05, 0.1) is 7.11 Å². The number of fused-ring (bicyclic) bond motifs is 1. The van der Waals surface area contributed by atoms with E-state index in [1.165, 1.54) is 11.3 Å². The van der Waals surface area contributed by atoms with E-state index < -0.39 is 0 Å². The second kappa shape index (κ2) is 6.21. The van der Waals surface area contributed by atoms with Crippen molar-refractivity contribution in [3.8, 4) is 0 Å². The lowest BCUT2D eigenvalue weighted by molar-refractivity contribution is -0.138. The Hall–Kier alpha value is -1.06. The topological polar surface area (TPSA) is 24.5 Å². The van der Waals surface area contributed by atoms with Crippen LogP contribution >= 0.6 is 0 Å². The predicted molar refractivity (Wildman–Crippen MR) is 75.7 cm³/mol. The molecule has 0 spiro atoms. The molecule has 2 rings (SSSR count). The van der Waals surface area contributed by atoms with Crippen LogP contribution in [0.2, 0.25) is 0 Å². The Morgan fingerprint density at radius 2 is 2.17 bits per heavy atom. The minimum absolute atomic E-state index is 0.617. The van der Waals surface area contributed by atoms with Gasteiger partial charge in [0.25, 0.3) is 0 Å². The second-order valence-corrected chi connectivity index (χ2v) is 5.42. The fourth-order valence-corrected chi connectivity index (χ4v) is 2.58. The van der Waals surface area contributed by atoms with Gasteiger partial charge >= 0.3 is 0 Å². The zero-order chi connectivity index (χ0) is 13.0. The van der Waals surface area contributed by atoms with Crippen LogP contribution in [0.25, 0.3) is 0 Å². The zero-order valence-electron chi connectivity index (χ0n) is 11.6. The largest absolute Gasteiger partial charge is 0.384 e. The van der Waals surface area contributed by atoms with Crippen molar-refractivity contribution in [3.05, 3.63) is 29.8 Å². The number of para-hydroxylation sites is 1. The standard InChI is InChI=1S/C15H24N2O/c1-12(2)11-17(18-3)9-8-13-10-16-15-7-5-4-6-14(13)15/h4-7,12-13,16H,8-11H2,1-3H3. The van der Waals surface area contributed by atoms with Gasteiger partial charge < -0.3 is 10.2 Å². The highest BCUT2D eigenvalue weighted by Gasteiger charge is 2.22. The first-order chi connectivity index (χ1) is 8.70. The second-order valence-electron chi connectivity index (χ2n) is 5.42. The molecule has 0 radical (unpaired) electrons.